The number of benzene rings is 6. The maximum Gasteiger partial charge on any atom is 0.137 e. The minimum atomic E-state index is -0.329. The van der Waals surface area contributed by atoms with Crippen LogP contribution in [-0.2, 0) is 16.2 Å². The molecule has 6 aromatic carbocycles. The average Bonchev–Trinajstić information content (AvgIpc) is 3.88. The lowest BCUT2D eigenvalue weighted by Gasteiger charge is -2.30. The highest BCUT2D eigenvalue weighted by Gasteiger charge is 2.29. The maximum absolute atomic E-state index is 7.11. The highest BCUT2D eigenvalue weighted by atomic mass is 16.5. The molecule has 3 heterocycles. The van der Waals surface area contributed by atoms with Crippen LogP contribution in [-0.4, -0.2) is 16.2 Å². The molecule has 0 bridgehead atoms. The average molecular weight is 773 g/mol. The Bertz CT molecular complexity index is 2830. The number of fused-ring (bicyclic) bond motifs is 3. The Morgan fingerprint density at radius 1 is 0.492 bits per heavy atom. The third kappa shape index (κ3) is 7.05. The summed E-state index contributed by atoms with van der Waals surface area (Å²) in [6, 6.07) is 56.4. The smallest absolute Gasteiger partial charge is 0.137 e. The van der Waals surface area contributed by atoms with Gasteiger partial charge in [0.1, 0.15) is 17.3 Å². The molecular formula is C54H52N4O. The van der Waals surface area contributed by atoms with Gasteiger partial charge in [-0.1, -0.05) is 146 Å². The van der Waals surface area contributed by atoms with Gasteiger partial charge in [0.15, 0.2) is 0 Å². The number of anilines is 2. The molecule has 0 fully saturated rings. The molecule has 0 saturated heterocycles. The third-order valence-corrected chi connectivity index (χ3v) is 12.3. The minimum Gasteiger partial charge on any atom is -0.457 e. The van der Waals surface area contributed by atoms with Crippen LogP contribution in [0.4, 0.5) is 11.4 Å². The van der Waals surface area contributed by atoms with Crippen molar-refractivity contribution in [2.75, 3.05) is 16.5 Å². The van der Waals surface area contributed by atoms with Gasteiger partial charge in [0.05, 0.1) is 17.7 Å². The Morgan fingerprint density at radius 3 is 1.83 bits per heavy atom. The van der Waals surface area contributed by atoms with Crippen LogP contribution in [0.15, 0.2) is 176 Å². The van der Waals surface area contributed by atoms with Gasteiger partial charge in [0.25, 0.3) is 0 Å². The van der Waals surface area contributed by atoms with Crippen LogP contribution in [0.3, 0.4) is 0 Å². The van der Waals surface area contributed by atoms with Gasteiger partial charge < -0.3 is 14.5 Å². The number of hydrogen-bond acceptors (Lipinski definition) is 4. The van der Waals surface area contributed by atoms with Crippen LogP contribution >= 0.6 is 0 Å². The predicted molar refractivity (Wildman–Crippen MR) is 246 cm³/mol. The lowest BCUT2D eigenvalue weighted by Crippen LogP contribution is -2.25. The van der Waals surface area contributed by atoms with Crippen molar-refractivity contribution in [2.45, 2.75) is 64.7 Å². The molecular weight excluding hydrogens is 721 g/mol. The van der Waals surface area contributed by atoms with E-state index < -0.39 is 0 Å². The molecule has 0 aliphatic carbocycles. The van der Waals surface area contributed by atoms with Gasteiger partial charge in [0, 0.05) is 69.3 Å². The van der Waals surface area contributed by atoms with Crippen molar-refractivity contribution in [3.05, 3.63) is 204 Å². The third-order valence-electron chi connectivity index (χ3n) is 12.3. The van der Waals surface area contributed by atoms with E-state index in [1.54, 1.807) is 0 Å². The van der Waals surface area contributed by atoms with Crippen molar-refractivity contribution in [3.8, 4) is 17.3 Å². The summed E-state index contributed by atoms with van der Waals surface area (Å²) in [5.74, 6) is 2.47. The Morgan fingerprint density at radius 2 is 1.12 bits per heavy atom. The van der Waals surface area contributed by atoms with Crippen molar-refractivity contribution in [1.29, 1.82) is 0 Å². The summed E-state index contributed by atoms with van der Waals surface area (Å²) in [6.45, 7) is 16.6. The van der Waals surface area contributed by atoms with E-state index in [1.807, 2.05) is 6.20 Å². The molecule has 2 aromatic heterocycles. The van der Waals surface area contributed by atoms with Crippen molar-refractivity contribution < 1.29 is 4.74 Å². The van der Waals surface area contributed by atoms with Crippen LogP contribution in [0.5, 0.6) is 11.5 Å². The molecule has 0 spiro atoms. The normalized spacial score (nSPS) is 13.5. The monoisotopic (exact) mass is 772 g/mol. The molecule has 0 atom stereocenters. The molecule has 9 rings (SSSR count). The molecule has 294 valence electrons. The molecule has 0 amide bonds. The summed E-state index contributed by atoms with van der Waals surface area (Å²) in [5.41, 5.74) is 10.1. The summed E-state index contributed by atoms with van der Waals surface area (Å²) in [7, 11) is 0. The van der Waals surface area contributed by atoms with E-state index in [9.17, 15) is 0 Å². The van der Waals surface area contributed by atoms with Crippen LogP contribution in [0.2, 0.25) is 0 Å². The minimum absolute atomic E-state index is 0.0734. The van der Waals surface area contributed by atoms with Gasteiger partial charge in [0.2, 0.25) is 0 Å². The molecule has 0 saturated carbocycles. The molecule has 0 unspecified atom stereocenters. The largest absolute Gasteiger partial charge is 0.457 e. The lowest BCUT2D eigenvalue weighted by molar-refractivity contribution is 0.462. The van der Waals surface area contributed by atoms with E-state index in [-0.39, 0.29) is 16.2 Å². The van der Waals surface area contributed by atoms with E-state index in [1.165, 1.54) is 33.3 Å². The first-order chi connectivity index (χ1) is 28.4. The zero-order valence-corrected chi connectivity index (χ0v) is 35.1. The van der Waals surface area contributed by atoms with Gasteiger partial charge in [-0.05, 0) is 76.2 Å². The Kier molecular flexibility index (Phi) is 9.43. The van der Waals surface area contributed by atoms with E-state index >= 15 is 0 Å². The Balaban J connectivity index is 1.12. The lowest BCUT2D eigenvalue weighted by atomic mass is 9.77. The Hall–Kier alpha value is -6.59. The number of pyridine rings is 1. The summed E-state index contributed by atoms with van der Waals surface area (Å²) >= 11 is 0. The van der Waals surface area contributed by atoms with Gasteiger partial charge >= 0.3 is 0 Å². The summed E-state index contributed by atoms with van der Waals surface area (Å²) in [5, 5.41) is 2.33. The van der Waals surface area contributed by atoms with E-state index in [2.05, 4.69) is 233 Å². The fourth-order valence-electron chi connectivity index (χ4n) is 8.55. The van der Waals surface area contributed by atoms with Gasteiger partial charge in [-0.3, -0.25) is 4.57 Å². The van der Waals surface area contributed by atoms with Gasteiger partial charge in [-0.2, -0.15) is 0 Å². The molecule has 5 heteroatoms. The van der Waals surface area contributed by atoms with E-state index in [0.29, 0.717) is 6.67 Å². The number of hydrogen-bond donors (Lipinski definition) is 0. The zero-order valence-electron chi connectivity index (χ0n) is 35.1. The first-order valence-corrected chi connectivity index (χ1v) is 20.6. The van der Waals surface area contributed by atoms with E-state index in [0.717, 1.165) is 45.0 Å². The van der Waals surface area contributed by atoms with Crippen molar-refractivity contribution in [3.63, 3.8) is 0 Å². The SMILES string of the molecule is CC(C)(C)c1cccc(N2C=CN(c3ccc(C(C)(C)c4ccccc4)c(Oc4ccc5c6ccccc6n(-c6cc(C(C)(C)c7ccccc7)ccn6)c5c4)c3)C2)c1. The first-order valence-electron chi connectivity index (χ1n) is 20.6. The number of ether oxygens (including phenoxy) is 1. The molecule has 1 aliphatic rings. The van der Waals surface area contributed by atoms with Crippen LogP contribution in [0.25, 0.3) is 27.6 Å². The fraction of sp³-hybridized carbons (Fsp3) is 0.204. The fourth-order valence-corrected chi connectivity index (χ4v) is 8.55. The standard InChI is InChI=1S/C54H52N4O/c1-52(2,3)40-21-16-22-42(33-40)56-31-32-57(37-56)43-25-28-47(54(6,7)39-19-12-9-13-20-39)50(35-43)59-44-26-27-46-45-23-14-15-24-48(45)58(49(46)36-44)51-34-41(29-30-55-51)53(4,5)38-17-10-8-11-18-38/h8-36H,37H2,1-7H3. The summed E-state index contributed by atoms with van der Waals surface area (Å²) < 4.78 is 9.40. The second kappa shape index (κ2) is 14.7. The highest BCUT2D eigenvalue weighted by molar-refractivity contribution is 6.09. The van der Waals surface area contributed by atoms with E-state index in [4.69, 9.17) is 9.72 Å². The molecule has 1 aliphatic heterocycles. The van der Waals surface area contributed by atoms with Gasteiger partial charge in [-0.25, -0.2) is 4.98 Å². The Labute approximate surface area is 348 Å². The van der Waals surface area contributed by atoms with Crippen molar-refractivity contribution in [1.82, 2.24) is 9.55 Å². The predicted octanol–water partition coefficient (Wildman–Crippen LogP) is 13.7. The first kappa shape index (κ1) is 38.0. The van der Waals surface area contributed by atoms with Crippen molar-refractivity contribution >= 4 is 33.2 Å². The topological polar surface area (TPSA) is 33.5 Å². The van der Waals surface area contributed by atoms with Crippen LogP contribution in [0, 0.1) is 0 Å². The molecule has 59 heavy (non-hydrogen) atoms. The summed E-state index contributed by atoms with van der Waals surface area (Å²) in [4.78, 5) is 9.57. The van der Waals surface area contributed by atoms with Crippen LogP contribution < -0.4 is 14.5 Å². The molecule has 5 nitrogen and oxygen atoms in total. The number of aromatic nitrogens is 2. The summed E-state index contributed by atoms with van der Waals surface area (Å²) in [6.07, 6.45) is 6.27. The highest BCUT2D eigenvalue weighted by Crippen LogP contribution is 2.43. The number of nitrogens with zero attached hydrogens (tertiary/aromatic N) is 4. The van der Waals surface area contributed by atoms with Crippen molar-refractivity contribution in [2.24, 2.45) is 0 Å². The number of para-hydroxylation sites is 1. The maximum atomic E-state index is 7.11. The second-order valence-corrected chi connectivity index (χ2v) is 17.9. The van der Waals surface area contributed by atoms with Gasteiger partial charge in [-0.15, -0.1) is 0 Å². The molecule has 0 radical (unpaired) electrons. The zero-order chi connectivity index (χ0) is 40.9. The number of rotatable bonds is 9. The quantitative estimate of drug-likeness (QED) is 0.146. The second-order valence-electron chi connectivity index (χ2n) is 17.9. The molecule has 0 N–H and O–H groups in total. The molecule has 8 aromatic rings. The van der Waals surface area contributed by atoms with Crippen LogP contribution in [0.1, 0.15) is 76.3 Å².